The number of fused-ring (bicyclic) bond motifs is 1. The van der Waals surface area contributed by atoms with Crippen molar-refractivity contribution in [3.05, 3.63) is 52.0 Å². The highest BCUT2D eigenvalue weighted by atomic mass is 35.5. The molecule has 1 aromatic carbocycles. The lowest BCUT2D eigenvalue weighted by atomic mass is 10.2. The first-order valence-electron chi connectivity index (χ1n) is 8.15. The highest BCUT2D eigenvalue weighted by Crippen LogP contribution is 2.28. The van der Waals surface area contributed by atoms with Crippen molar-refractivity contribution in [3.8, 4) is 0 Å². The Hall–Kier alpha value is -1.98. The maximum Gasteiger partial charge on any atom is 0.360 e. The molecule has 0 aliphatic carbocycles. The van der Waals surface area contributed by atoms with Gasteiger partial charge in [-0.3, -0.25) is 0 Å². The molecule has 0 unspecified atom stereocenters. The molecule has 132 valence electrons. The van der Waals surface area contributed by atoms with Gasteiger partial charge in [0.05, 0.1) is 16.7 Å². The van der Waals surface area contributed by atoms with E-state index in [1.165, 1.54) is 0 Å². The molecule has 0 amide bonds. The number of esters is 1. The Balaban J connectivity index is 1.54. The van der Waals surface area contributed by atoms with Gasteiger partial charge in [0.2, 0.25) is 0 Å². The number of unbranched alkanes of at least 4 members (excludes halogenated alkanes) is 1. The Kier molecular flexibility index (Phi) is 5.66. The van der Waals surface area contributed by atoms with E-state index < -0.39 is 5.97 Å². The molecule has 2 heterocycles. The van der Waals surface area contributed by atoms with Crippen LogP contribution < -0.4 is 0 Å². The van der Waals surface area contributed by atoms with E-state index in [2.05, 4.69) is 9.72 Å². The minimum Gasteiger partial charge on any atom is -0.461 e. The van der Waals surface area contributed by atoms with Gasteiger partial charge in [0.15, 0.2) is 5.69 Å². The molecule has 7 heteroatoms. The van der Waals surface area contributed by atoms with E-state index in [1.54, 1.807) is 13.0 Å². The second-order valence-corrected chi connectivity index (χ2v) is 6.50. The molecule has 0 radical (unpaired) electrons. The number of rotatable bonds is 7. The van der Waals surface area contributed by atoms with Gasteiger partial charge in [-0.2, -0.15) is 0 Å². The minimum atomic E-state index is -0.452. The molecule has 0 saturated carbocycles. The molecule has 0 bridgehead atoms. The predicted octanol–water partition coefficient (Wildman–Crippen LogP) is 5.14. The van der Waals surface area contributed by atoms with E-state index in [-0.39, 0.29) is 5.69 Å². The number of carbonyl (C=O) groups is 1. The Morgan fingerprint density at radius 2 is 2.04 bits per heavy atom. The molecular weight excluding hydrogens is 363 g/mol. The third-order valence-electron chi connectivity index (χ3n) is 3.93. The summed E-state index contributed by atoms with van der Waals surface area (Å²) in [4.78, 5) is 11.6. The van der Waals surface area contributed by atoms with Crippen LogP contribution in [0.15, 0.2) is 35.0 Å². The molecule has 3 aromatic rings. The molecule has 0 N–H and O–H groups in total. The van der Waals surface area contributed by atoms with Crippen LogP contribution in [0.4, 0.5) is 0 Å². The summed E-state index contributed by atoms with van der Waals surface area (Å²) in [5.74, 6) is 0.238. The Labute approximate surface area is 155 Å². The lowest BCUT2D eigenvalue weighted by Gasteiger charge is -2.06. The van der Waals surface area contributed by atoms with E-state index in [1.807, 2.05) is 24.4 Å². The second-order valence-electron chi connectivity index (χ2n) is 5.69. The molecule has 25 heavy (non-hydrogen) atoms. The van der Waals surface area contributed by atoms with Gasteiger partial charge in [-0.15, -0.1) is 0 Å². The van der Waals surface area contributed by atoms with E-state index in [4.69, 9.17) is 32.5 Å². The standard InChI is InChI=1S/C18H18Cl2N2O3/c1-2-24-18(23)16-10-13(25-21-16)5-3-4-7-22-8-6-12-9-14(19)15(20)11-17(12)22/h6,8-11H,2-5,7H2,1H3. The fourth-order valence-electron chi connectivity index (χ4n) is 2.69. The van der Waals surface area contributed by atoms with Crippen LogP contribution in [0.1, 0.15) is 36.0 Å². The average Bonchev–Trinajstić information content (AvgIpc) is 3.20. The minimum absolute atomic E-state index is 0.222. The first kappa shape index (κ1) is 17.8. The quantitative estimate of drug-likeness (QED) is 0.420. The van der Waals surface area contributed by atoms with Crippen LogP contribution in [0.25, 0.3) is 10.9 Å². The SMILES string of the molecule is CCOC(=O)c1cc(CCCCn2ccc3cc(Cl)c(Cl)cc32)on1. The van der Waals surface area contributed by atoms with Crippen molar-refractivity contribution < 1.29 is 14.1 Å². The third-order valence-corrected chi connectivity index (χ3v) is 4.65. The van der Waals surface area contributed by atoms with Crippen LogP contribution >= 0.6 is 23.2 Å². The van der Waals surface area contributed by atoms with Crippen molar-refractivity contribution in [2.45, 2.75) is 32.7 Å². The number of halogens is 2. The van der Waals surface area contributed by atoms with Crippen LogP contribution in [0.2, 0.25) is 10.0 Å². The van der Waals surface area contributed by atoms with Crippen molar-refractivity contribution in [2.75, 3.05) is 6.61 Å². The summed E-state index contributed by atoms with van der Waals surface area (Å²) < 4.78 is 12.2. The lowest BCUT2D eigenvalue weighted by Crippen LogP contribution is -2.04. The number of nitrogens with zero attached hydrogens (tertiary/aromatic N) is 2. The number of aromatic nitrogens is 2. The Bertz CT molecular complexity index is 886. The van der Waals surface area contributed by atoms with Gasteiger partial charge >= 0.3 is 5.97 Å². The van der Waals surface area contributed by atoms with Crippen LogP contribution in [-0.4, -0.2) is 22.3 Å². The van der Waals surface area contributed by atoms with Gasteiger partial charge < -0.3 is 13.8 Å². The third kappa shape index (κ3) is 4.17. The summed E-state index contributed by atoms with van der Waals surface area (Å²) in [7, 11) is 0. The molecule has 0 fully saturated rings. The summed E-state index contributed by atoms with van der Waals surface area (Å²) in [6, 6.07) is 7.44. The van der Waals surface area contributed by atoms with Crippen LogP contribution in [-0.2, 0) is 17.7 Å². The first-order valence-corrected chi connectivity index (χ1v) is 8.90. The van der Waals surface area contributed by atoms with Crippen molar-refractivity contribution in [3.63, 3.8) is 0 Å². The summed E-state index contributed by atoms with van der Waals surface area (Å²) in [6.45, 7) is 2.94. The van der Waals surface area contributed by atoms with Gasteiger partial charge in [0.25, 0.3) is 0 Å². The molecule has 0 saturated heterocycles. The maximum atomic E-state index is 11.6. The first-order chi connectivity index (χ1) is 12.1. The monoisotopic (exact) mass is 380 g/mol. The zero-order valence-corrected chi connectivity index (χ0v) is 15.3. The van der Waals surface area contributed by atoms with Gasteiger partial charge in [0.1, 0.15) is 5.76 Å². The Morgan fingerprint density at radius 3 is 2.84 bits per heavy atom. The fourth-order valence-corrected chi connectivity index (χ4v) is 3.02. The smallest absolute Gasteiger partial charge is 0.360 e. The van der Waals surface area contributed by atoms with Gasteiger partial charge in [-0.05, 0) is 38.0 Å². The topological polar surface area (TPSA) is 57.3 Å². The van der Waals surface area contributed by atoms with Crippen LogP contribution in [0, 0.1) is 0 Å². The fraction of sp³-hybridized carbons (Fsp3) is 0.333. The van der Waals surface area contributed by atoms with Crippen LogP contribution in [0.5, 0.6) is 0 Å². The number of ether oxygens (including phenoxy) is 1. The molecule has 2 aromatic heterocycles. The molecule has 0 aliphatic heterocycles. The average molecular weight is 381 g/mol. The predicted molar refractivity (Wildman–Crippen MR) is 97.4 cm³/mol. The zero-order chi connectivity index (χ0) is 17.8. The highest BCUT2D eigenvalue weighted by molar-refractivity contribution is 6.42. The number of hydrogen-bond acceptors (Lipinski definition) is 4. The molecule has 3 rings (SSSR count). The largest absolute Gasteiger partial charge is 0.461 e. The van der Waals surface area contributed by atoms with E-state index in [0.29, 0.717) is 22.4 Å². The summed E-state index contributed by atoms with van der Waals surface area (Å²) in [6.07, 6.45) is 4.63. The molecule has 5 nitrogen and oxygen atoms in total. The van der Waals surface area contributed by atoms with E-state index in [9.17, 15) is 4.79 Å². The highest BCUT2D eigenvalue weighted by Gasteiger charge is 2.13. The van der Waals surface area contributed by atoms with Crippen molar-refractivity contribution in [1.29, 1.82) is 0 Å². The molecular formula is C18H18Cl2N2O3. The van der Waals surface area contributed by atoms with E-state index in [0.717, 1.165) is 36.7 Å². The summed E-state index contributed by atoms with van der Waals surface area (Å²) in [5, 5.41) is 5.94. The summed E-state index contributed by atoms with van der Waals surface area (Å²) >= 11 is 12.2. The number of carbonyl (C=O) groups excluding carboxylic acids is 1. The van der Waals surface area contributed by atoms with Crippen molar-refractivity contribution >= 4 is 40.1 Å². The maximum absolute atomic E-state index is 11.6. The zero-order valence-electron chi connectivity index (χ0n) is 13.8. The van der Waals surface area contributed by atoms with Crippen LogP contribution in [0.3, 0.4) is 0 Å². The molecule has 0 atom stereocenters. The van der Waals surface area contributed by atoms with Gasteiger partial charge in [-0.25, -0.2) is 4.79 Å². The normalized spacial score (nSPS) is 11.2. The lowest BCUT2D eigenvalue weighted by molar-refractivity contribution is 0.0514. The summed E-state index contributed by atoms with van der Waals surface area (Å²) in [5.41, 5.74) is 1.29. The van der Waals surface area contributed by atoms with E-state index >= 15 is 0 Å². The van der Waals surface area contributed by atoms with Crippen molar-refractivity contribution in [2.24, 2.45) is 0 Å². The van der Waals surface area contributed by atoms with Gasteiger partial charge in [-0.1, -0.05) is 28.4 Å². The number of benzene rings is 1. The molecule has 0 spiro atoms. The molecule has 0 aliphatic rings. The number of aryl methyl sites for hydroxylation is 2. The number of hydrogen-bond donors (Lipinski definition) is 0. The second kappa shape index (κ2) is 7.93. The Morgan fingerprint density at radius 1 is 1.24 bits per heavy atom. The van der Waals surface area contributed by atoms with Crippen molar-refractivity contribution in [1.82, 2.24) is 9.72 Å². The van der Waals surface area contributed by atoms with Gasteiger partial charge in [0, 0.05) is 36.1 Å².